The van der Waals surface area contributed by atoms with Crippen LogP contribution in [0.3, 0.4) is 0 Å². The van der Waals surface area contributed by atoms with E-state index in [1.807, 2.05) is 6.92 Å². The fraction of sp³-hybridized carbons (Fsp3) is 0.533. The molecule has 0 aromatic carbocycles. The average Bonchev–Trinajstić information content (AvgIpc) is 2.52. The van der Waals surface area contributed by atoms with Gasteiger partial charge in [-0.1, -0.05) is 18.5 Å². The van der Waals surface area contributed by atoms with E-state index >= 15 is 0 Å². The molecule has 1 aliphatic rings. The molecule has 1 saturated heterocycles. The van der Waals surface area contributed by atoms with E-state index in [0.717, 1.165) is 18.5 Å². The average molecular weight is 311 g/mol. The van der Waals surface area contributed by atoms with Crippen molar-refractivity contribution in [1.29, 1.82) is 0 Å². The number of esters is 1. The molecule has 5 nitrogen and oxygen atoms in total. The summed E-state index contributed by atoms with van der Waals surface area (Å²) in [5.74, 6) is -0.604. The molecule has 1 aromatic heterocycles. The molecule has 0 spiro atoms. The van der Waals surface area contributed by atoms with E-state index in [4.69, 9.17) is 16.3 Å². The summed E-state index contributed by atoms with van der Waals surface area (Å²) in [6.07, 6.45) is 2.27. The number of hydrogen-bond acceptors (Lipinski definition) is 4. The molecular formula is C15H19ClN2O3. The Balaban J connectivity index is 2.15. The Kier molecular flexibility index (Phi) is 5.17. The van der Waals surface area contributed by atoms with Crippen LogP contribution in [0, 0.1) is 5.92 Å². The van der Waals surface area contributed by atoms with Crippen LogP contribution >= 0.6 is 11.6 Å². The Morgan fingerprint density at radius 3 is 2.90 bits per heavy atom. The normalized spacial score (nSPS) is 18.4. The number of methoxy groups -OCH3 is 1. The Hall–Kier alpha value is -1.62. The first-order chi connectivity index (χ1) is 10.0. The van der Waals surface area contributed by atoms with Crippen LogP contribution in [0.4, 0.5) is 0 Å². The topological polar surface area (TPSA) is 59.5 Å². The minimum atomic E-state index is -0.255. The molecule has 2 rings (SSSR count). The Labute approximate surface area is 129 Å². The first kappa shape index (κ1) is 15.8. The predicted molar refractivity (Wildman–Crippen MR) is 79.3 cm³/mol. The van der Waals surface area contributed by atoms with Gasteiger partial charge in [-0.15, -0.1) is 0 Å². The monoisotopic (exact) mass is 310 g/mol. The maximum atomic E-state index is 12.6. The van der Waals surface area contributed by atoms with Crippen LogP contribution in [-0.2, 0) is 16.0 Å². The third kappa shape index (κ3) is 3.73. The molecule has 0 radical (unpaired) electrons. The van der Waals surface area contributed by atoms with Gasteiger partial charge in [0.25, 0.3) is 5.91 Å². The first-order valence-electron chi connectivity index (χ1n) is 7.08. The molecule has 0 saturated carbocycles. The lowest BCUT2D eigenvalue weighted by Gasteiger charge is -2.31. The second-order valence-electron chi connectivity index (χ2n) is 5.14. The number of hydrogen-bond donors (Lipinski definition) is 0. The van der Waals surface area contributed by atoms with E-state index in [1.165, 1.54) is 7.11 Å². The van der Waals surface area contributed by atoms with Gasteiger partial charge in [0, 0.05) is 24.3 Å². The van der Waals surface area contributed by atoms with Crippen molar-refractivity contribution in [2.75, 3.05) is 20.2 Å². The van der Waals surface area contributed by atoms with E-state index in [2.05, 4.69) is 4.98 Å². The number of likely N-dealkylation sites (tertiary alicyclic amines) is 1. The van der Waals surface area contributed by atoms with E-state index in [0.29, 0.717) is 30.2 Å². The molecule has 6 heteroatoms. The maximum Gasteiger partial charge on any atom is 0.310 e. The van der Waals surface area contributed by atoms with Crippen molar-refractivity contribution in [1.82, 2.24) is 9.88 Å². The first-order valence-corrected chi connectivity index (χ1v) is 7.46. The fourth-order valence-corrected chi connectivity index (χ4v) is 2.79. The number of ether oxygens (including phenoxy) is 1. The number of piperidine rings is 1. The highest BCUT2D eigenvalue weighted by molar-refractivity contribution is 6.29. The molecule has 0 N–H and O–H groups in total. The Morgan fingerprint density at radius 1 is 1.48 bits per heavy atom. The molecule has 0 aliphatic carbocycles. The van der Waals surface area contributed by atoms with E-state index in [1.54, 1.807) is 17.0 Å². The van der Waals surface area contributed by atoms with Crippen LogP contribution in [0.5, 0.6) is 0 Å². The molecule has 1 atom stereocenters. The summed E-state index contributed by atoms with van der Waals surface area (Å²) >= 11 is 5.96. The van der Waals surface area contributed by atoms with Gasteiger partial charge in [0.15, 0.2) is 0 Å². The molecule has 1 fully saturated rings. The molecule has 21 heavy (non-hydrogen) atoms. The molecule has 114 valence electrons. The summed E-state index contributed by atoms with van der Waals surface area (Å²) in [7, 11) is 1.37. The minimum absolute atomic E-state index is 0.109. The quantitative estimate of drug-likeness (QED) is 0.635. The third-order valence-corrected chi connectivity index (χ3v) is 3.89. The van der Waals surface area contributed by atoms with Crippen molar-refractivity contribution < 1.29 is 14.3 Å². The second-order valence-corrected chi connectivity index (χ2v) is 5.52. The van der Waals surface area contributed by atoms with Gasteiger partial charge in [-0.3, -0.25) is 9.59 Å². The number of carbonyl (C=O) groups is 2. The molecular weight excluding hydrogens is 292 g/mol. The lowest BCUT2D eigenvalue weighted by atomic mass is 9.97. The minimum Gasteiger partial charge on any atom is -0.469 e. The van der Waals surface area contributed by atoms with E-state index in [9.17, 15) is 9.59 Å². The van der Waals surface area contributed by atoms with Crippen molar-refractivity contribution in [3.05, 3.63) is 28.5 Å². The number of nitrogens with zero attached hydrogens (tertiary/aromatic N) is 2. The number of pyridine rings is 1. The molecule has 1 aromatic rings. The number of halogens is 1. The summed E-state index contributed by atoms with van der Waals surface area (Å²) in [6.45, 7) is 3.00. The predicted octanol–water partition coefficient (Wildman–Crippen LogP) is 2.32. The summed E-state index contributed by atoms with van der Waals surface area (Å²) in [6, 6.07) is 3.33. The van der Waals surface area contributed by atoms with Crippen molar-refractivity contribution in [3.8, 4) is 0 Å². The third-order valence-electron chi connectivity index (χ3n) is 3.70. The van der Waals surface area contributed by atoms with Crippen LogP contribution < -0.4 is 0 Å². The highest BCUT2D eigenvalue weighted by Crippen LogP contribution is 2.21. The smallest absolute Gasteiger partial charge is 0.310 e. The largest absolute Gasteiger partial charge is 0.469 e. The molecule has 1 aliphatic heterocycles. The molecule has 1 amide bonds. The number of carbonyl (C=O) groups excluding carboxylic acids is 2. The number of aryl methyl sites for hydroxylation is 1. The lowest BCUT2D eigenvalue weighted by Crippen LogP contribution is -2.42. The van der Waals surface area contributed by atoms with Gasteiger partial charge in [-0.05, 0) is 31.4 Å². The highest BCUT2D eigenvalue weighted by Gasteiger charge is 2.29. The standard InChI is InChI=1S/C15H19ClN2O3/c1-3-12-7-11(8-13(16)17-12)14(19)18-6-4-5-10(9-18)15(20)21-2/h7-8,10H,3-6,9H2,1-2H3/t10-/m0/s1. The van der Waals surface area contributed by atoms with Gasteiger partial charge < -0.3 is 9.64 Å². The van der Waals surface area contributed by atoms with Gasteiger partial charge in [-0.25, -0.2) is 4.98 Å². The highest BCUT2D eigenvalue weighted by atomic mass is 35.5. The second kappa shape index (κ2) is 6.89. The van der Waals surface area contributed by atoms with Gasteiger partial charge >= 0.3 is 5.97 Å². The van der Waals surface area contributed by atoms with E-state index in [-0.39, 0.29) is 17.8 Å². The number of aromatic nitrogens is 1. The van der Waals surface area contributed by atoms with Crippen molar-refractivity contribution >= 4 is 23.5 Å². The van der Waals surface area contributed by atoms with Crippen LogP contribution in [0.15, 0.2) is 12.1 Å². The number of amides is 1. The van der Waals surface area contributed by atoms with E-state index < -0.39 is 0 Å². The zero-order chi connectivity index (χ0) is 15.4. The van der Waals surface area contributed by atoms with Crippen LogP contribution in [-0.4, -0.2) is 42.0 Å². The molecule has 2 heterocycles. The maximum absolute atomic E-state index is 12.6. The van der Waals surface area contributed by atoms with Crippen molar-refractivity contribution in [3.63, 3.8) is 0 Å². The molecule has 0 bridgehead atoms. The zero-order valence-corrected chi connectivity index (χ0v) is 13.0. The zero-order valence-electron chi connectivity index (χ0n) is 12.3. The molecule has 0 unspecified atom stereocenters. The lowest BCUT2D eigenvalue weighted by molar-refractivity contribution is -0.146. The fourth-order valence-electron chi connectivity index (χ4n) is 2.56. The SMILES string of the molecule is CCc1cc(C(=O)N2CCC[C@H](C(=O)OC)C2)cc(Cl)n1. The Morgan fingerprint density at radius 2 is 2.24 bits per heavy atom. The van der Waals surface area contributed by atoms with Crippen LogP contribution in [0.2, 0.25) is 5.15 Å². The Bertz CT molecular complexity index is 548. The summed E-state index contributed by atoms with van der Waals surface area (Å²) in [4.78, 5) is 30.0. The number of rotatable bonds is 3. The summed E-state index contributed by atoms with van der Waals surface area (Å²) in [5.41, 5.74) is 1.31. The van der Waals surface area contributed by atoms with Crippen LogP contribution in [0.25, 0.3) is 0 Å². The van der Waals surface area contributed by atoms with Crippen molar-refractivity contribution in [2.45, 2.75) is 26.2 Å². The van der Waals surface area contributed by atoms with Gasteiger partial charge in [0.05, 0.1) is 13.0 Å². The van der Waals surface area contributed by atoms with Gasteiger partial charge in [-0.2, -0.15) is 0 Å². The van der Waals surface area contributed by atoms with Crippen LogP contribution in [0.1, 0.15) is 35.8 Å². The van der Waals surface area contributed by atoms with Gasteiger partial charge in [0.1, 0.15) is 5.15 Å². The summed E-state index contributed by atoms with van der Waals surface area (Å²) < 4.78 is 4.77. The van der Waals surface area contributed by atoms with Crippen molar-refractivity contribution in [2.24, 2.45) is 5.92 Å². The van der Waals surface area contributed by atoms with Gasteiger partial charge in [0.2, 0.25) is 0 Å². The summed E-state index contributed by atoms with van der Waals surface area (Å²) in [5, 5.41) is 0.319.